The van der Waals surface area contributed by atoms with Gasteiger partial charge in [0.2, 0.25) is 0 Å². The average molecular weight is 276 g/mol. The van der Waals surface area contributed by atoms with Crippen molar-refractivity contribution in [2.24, 2.45) is 0 Å². The van der Waals surface area contributed by atoms with E-state index in [0.29, 0.717) is 0 Å². The van der Waals surface area contributed by atoms with Gasteiger partial charge in [0, 0.05) is 17.9 Å². The SMILES string of the molecule is CC(C)N(CCCBr)CCC(F)(F)F. The minimum atomic E-state index is -4.04. The molecule has 0 aliphatic carbocycles. The average Bonchev–Trinajstić information content (AvgIpc) is 2.01. The van der Waals surface area contributed by atoms with Gasteiger partial charge in [-0.25, -0.2) is 0 Å². The molecular weight excluding hydrogens is 259 g/mol. The molecule has 0 aromatic heterocycles. The fraction of sp³-hybridized carbons (Fsp3) is 1.00. The lowest BCUT2D eigenvalue weighted by molar-refractivity contribution is -0.138. The van der Waals surface area contributed by atoms with Crippen molar-refractivity contribution in [3.63, 3.8) is 0 Å². The standard InChI is InChI=1S/C9H17BrF3N/c1-8(2)14(6-3-5-10)7-4-9(11,12)13/h8H,3-7H2,1-2H3. The first-order valence-electron chi connectivity index (χ1n) is 4.73. The van der Waals surface area contributed by atoms with E-state index in [1.807, 2.05) is 18.7 Å². The Balaban J connectivity index is 3.85. The van der Waals surface area contributed by atoms with Gasteiger partial charge in [-0.05, 0) is 26.8 Å². The molecule has 0 saturated heterocycles. The second-order valence-corrected chi connectivity index (χ2v) is 4.33. The van der Waals surface area contributed by atoms with E-state index in [4.69, 9.17) is 0 Å². The van der Waals surface area contributed by atoms with Crippen molar-refractivity contribution < 1.29 is 13.2 Å². The zero-order valence-electron chi connectivity index (χ0n) is 8.57. The Labute approximate surface area is 91.8 Å². The fourth-order valence-electron chi connectivity index (χ4n) is 1.16. The summed E-state index contributed by atoms with van der Waals surface area (Å²) in [5, 5.41) is 0.836. The number of hydrogen-bond donors (Lipinski definition) is 0. The largest absolute Gasteiger partial charge is 0.390 e. The normalized spacial score (nSPS) is 12.9. The van der Waals surface area contributed by atoms with Gasteiger partial charge in [-0.1, -0.05) is 15.9 Å². The number of halogens is 4. The second kappa shape index (κ2) is 6.67. The van der Waals surface area contributed by atoms with Crippen LogP contribution in [-0.4, -0.2) is 35.5 Å². The van der Waals surface area contributed by atoms with Crippen LogP contribution in [0.3, 0.4) is 0 Å². The third-order valence-electron chi connectivity index (χ3n) is 1.99. The predicted octanol–water partition coefficient (Wildman–Crippen LogP) is 3.43. The van der Waals surface area contributed by atoms with Crippen LogP contribution in [0.4, 0.5) is 13.2 Å². The highest BCUT2D eigenvalue weighted by Crippen LogP contribution is 2.20. The van der Waals surface area contributed by atoms with E-state index in [1.54, 1.807) is 0 Å². The van der Waals surface area contributed by atoms with E-state index in [1.165, 1.54) is 0 Å². The first-order valence-corrected chi connectivity index (χ1v) is 5.85. The van der Waals surface area contributed by atoms with Crippen molar-refractivity contribution in [3.05, 3.63) is 0 Å². The lowest BCUT2D eigenvalue weighted by Crippen LogP contribution is -2.35. The van der Waals surface area contributed by atoms with Crippen LogP contribution < -0.4 is 0 Å². The molecule has 0 unspecified atom stereocenters. The Kier molecular flexibility index (Phi) is 6.78. The molecule has 86 valence electrons. The number of alkyl halides is 4. The lowest BCUT2D eigenvalue weighted by Gasteiger charge is -2.26. The van der Waals surface area contributed by atoms with Gasteiger partial charge in [0.15, 0.2) is 0 Å². The van der Waals surface area contributed by atoms with Crippen LogP contribution in [0.15, 0.2) is 0 Å². The number of nitrogens with zero attached hydrogens (tertiary/aromatic N) is 1. The summed E-state index contributed by atoms with van der Waals surface area (Å²) in [5.41, 5.74) is 0. The maximum atomic E-state index is 12.0. The molecule has 0 saturated carbocycles. The summed E-state index contributed by atoms with van der Waals surface area (Å²) in [7, 11) is 0. The molecule has 0 aliphatic heterocycles. The van der Waals surface area contributed by atoms with Gasteiger partial charge in [-0.3, -0.25) is 0 Å². The van der Waals surface area contributed by atoms with Crippen LogP contribution in [-0.2, 0) is 0 Å². The predicted molar refractivity (Wildman–Crippen MR) is 55.8 cm³/mol. The maximum absolute atomic E-state index is 12.0. The van der Waals surface area contributed by atoms with Gasteiger partial charge in [-0.2, -0.15) is 13.2 Å². The third kappa shape index (κ3) is 7.62. The topological polar surface area (TPSA) is 3.24 Å². The van der Waals surface area contributed by atoms with Gasteiger partial charge in [0.25, 0.3) is 0 Å². The van der Waals surface area contributed by atoms with Crippen LogP contribution in [0.1, 0.15) is 26.7 Å². The quantitative estimate of drug-likeness (QED) is 0.672. The summed E-state index contributed by atoms with van der Waals surface area (Å²) in [6.07, 6.45) is -3.87. The van der Waals surface area contributed by atoms with Crippen LogP contribution >= 0.6 is 15.9 Å². The van der Waals surface area contributed by atoms with Crippen molar-refractivity contribution in [1.82, 2.24) is 4.90 Å². The molecule has 5 heteroatoms. The summed E-state index contributed by atoms with van der Waals surface area (Å²) in [6.45, 7) is 4.67. The lowest BCUT2D eigenvalue weighted by atomic mass is 10.2. The molecule has 0 fully saturated rings. The smallest absolute Gasteiger partial charge is 0.301 e. The van der Waals surface area contributed by atoms with E-state index < -0.39 is 12.6 Å². The van der Waals surface area contributed by atoms with Gasteiger partial charge in [0.1, 0.15) is 0 Å². The summed E-state index contributed by atoms with van der Waals surface area (Å²) < 4.78 is 35.9. The first-order chi connectivity index (χ1) is 6.37. The molecule has 0 atom stereocenters. The Morgan fingerprint density at radius 1 is 1.21 bits per heavy atom. The number of hydrogen-bond acceptors (Lipinski definition) is 1. The second-order valence-electron chi connectivity index (χ2n) is 3.54. The van der Waals surface area contributed by atoms with Gasteiger partial charge in [-0.15, -0.1) is 0 Å². The molecule has 0 aliphatic rings. The van der Waals surface area contributed by atoms with Crippen LogP contribution in [0, 0.1) is 0 Å². The Morgan fingerprint density at radius 3 is 2.14 bits per heavy atom. The maximum Gasteiger partial charge on any atom is 0.390 e. The van der Waals surface area contributed by atoms with Crippen LogP contribution in [0.25, 0.3) is 0 Å². The molecule has 0 rings (SSSR count). The Bertz CT molecular complexity index is 147. The zero-order valence-corrected chi connectivity index (χ0v) is 10.2. The van der Waals surface area contributed by atoms with Gasteiger partial charge >= 0.3 is 6.18 Å². The van der Waals surface area contributed by atoms with E-state index in [0.717, 1.165) is 18.3 Å². The van der Waals surface area contributed by atoms with Crippen molar-refractivity contribution in [1.29, 1.82) is 0 Å². The Hall–Kier alpha value is 0.230. The molecule has 0 aromatic carbocycles. The first kappa shape index (κ1) is 14.2. The molecule has 0 spiro atoms. The monoisotopic (exact) mass is 275 g/mol. The van der Waals surface area contributed by atoms with E-state index in [9.17, 15) is 13.2 Å². The van der Waals surface area contributed by atoms with Gasteiger partial charge in [0.05, 0.1) is 6.42 Å². The van der Waals surface area contributed by atoms with E-state index in [-0.39, 0.29) is 12.6 Å². The minimum absolute atomic E-state index is 0.105. The Morgan fingerprint density at radius 2 is 1.79 bits per heavy atom. The van der Waals surface area contributed by atoms with E-state index >= 15 is 0 Å². The van der Waals surface area contributed by atoms with Crippen molar-refractivity contribution in [2.75, 3.05) is 18.4 Å². The van der Waals surface area contributed by atoms with Crippen LogP contribution in [0.2, 0.25) is 0 Å². The van der Waals surface area contributed by atoms with Crippen molar-refractivity contribution in [2.45, 2.75) is 38.9 Å². The summed E-state index contributed by atoms with van der Waals surface area (Å²) in [4.78, 5) is 1.86. The van der Waals surface area contributed by atoms with Crippen molar-refractivity contribution >= 4 is 15.9 Å². The molecule has 0 bridgehead atoms. The fourth-order valence-corrected chi connectivity index (χ4v) is 1.41. The van der Waals surface area contributed by atoms with Gasteiger partial charge < -0.3 is 4.90 Å². The molecule has 0 heterocycles. The summed E-state index contributed by atoms with van der Waals surface area (Å²) in [6, 6.07) is 0.177. The highest BCUT2D eigenvalue weighted by molar-refractivity contribution is 9.09. The molecule has 0 amide bonds. The molecule has 0 radical (unpaired) electrons. The molecular formula is C9H17BrF3N. The highest BCUT2D eigenvalue weighted by Gasteiger charge is 2.28. The molecule has 0 N–H and O–H groups in total. The zero-order chi connectivity index (χ0) is 11.2. The number of rotatable bonds is 6. The summed E-state index contributed by atoms with van der Waals surface area (Å²) in [5.74, 6) is 0. The molecule has 14 heavy (non-hydrogen) atoms. The minimum Gasteiger partial charge on any atom is -0.301 e. The van der Waals surface area contributed by atoms with E-state index in [2.05, 4.69) is 15.9 Å². The summed E-state index contributed by atoms with van der Waals surface area (Å²) >= 11 is 3.27. The highest BCUT2D eigenvalue weighted by atomic mass is 79.9. The van der Waals surface area contributed by atoms with Crippen molar-refractivity contribution in [3.8, 4) is 0 Å². The third-order valence-corrected chi connectivity index (χ3v) is 2.55. The van der Waals surface area contributed by atoms with Crippen LogP contribution in [0.5, 0.6) is 0 Å². The molecule has 0 aromatic rings. The molecule has 1 nitrogen and oxygen atoms in total.